The largest absolute Gasteiger partial charge is 0.457 e. The molecule has 0 aliphatic rings. The SMILES string of the molecule is CC(C)c1cccc(Oc2cccc(C(C)N)c2)c1. The Morgan fingerprint density at radius 1 is 0.842 bits per heavy atom. The van der Waals surface area contributed by atoms with Crippen LogP contribution in [0, 0.1) is 0 Å². The van der Waals surface area contributed by atoms with Crippen molar-refractivity contribution in [1.29, 1.82) is 0 Å². The summed E-state index contributed by atoms with van der Waals surface area (Å²) >= 11 is 0. The van der Waals surface area contributed by atoms with Gasteiger partial charge in [-0.2, -0.15) is 0 Å². The maximum absolute atomic E-state index is 5.90. The van der Waals surface area contributed by atoms with Crippen molar-refractivity contribution in [3.05, 3.63) is 59.7 Å². The van der Waals surface area contributed by atoms with Crippen molar-refractivity contribution in [3.8, 4) is 11.5 Å². The maximum atomic E-state index is 5.90. The van der Waals surface area contributed by atoms with Crippen LogP contribution in [0.15, 0.2) is 48.5 Å². The zero-order valence-corrected chi connectivity index (χ0v) is 11.8. The molecule has 0 aliphatic carbocycles. The molecule has 2 rings (SSSR count). The fourth-order valence-electron chi connectivity index (χ4n) is 1.93. The van der Waals surface area contributed by atoms with E-state index in [4.69, 9.17) is 10.5 Å². The third kappa shape index (κ3) is 3.58. The molecule has 0 fully saturated rings. The highest BCUT2D eigenvalue weighted by atomic mass is 16.5. The molecule has 1 unspecified atom stereocenters. The number of nitrogens with two attached hydrogens (primary N) is 1. The predicted molar refractivity (Wildman–Crippen MR) is 79.6 cm³/mol. The Hall–Kier alpha value is -1.80. The van der Waals surface area contributed by atoms with Crippen LogP contribution >= 0.6 is 0 Å². The highest BCUT2D eigenvalue weighted by Gasteiger charge is 2.04. The molecule has 2 nitrogen and oxygen atoms in total. The van der Waals surface area contributed by atoms with Gasteiger partial charge in [0.1, 0.15) is 11.5 Å². The first-order chi connectivity index (χ1) is 9.06. The Balaban J connectivity index is 2.21. The van der Waals surface area contributed by atoms with Gasteiger partial charge in [0.2, 0.25) is 0 Å². The molecular weight excluding hydrogens is 234 g/mol. The number of hydrogen-bond acceptors (Lipinski definition) is 2. The standard InChI is InChI=1S/C17H21NO/c1-12(2)14-6-4-8-16(10-14)19-17-9-5-7-15(11-17)13(3)18/h4-13H,18H2,1-3H3. The number of rotatable bonds is 4. The fraction of sp³-hybridized carbons (Fsp3) is 0.294. The minimum atomic E-state index is 0.0190. The van der Waals surface area contributed by atoms with Gasteiger partial charge in [-0.15, -0.1) is 0 Å². The van der Waals surface area contributed by atoms with Crippen molar-refractivity contribution in [2.75, 3.05) is 0 Å². The van der Waals surface area contributed by atoms with Crippen LogP contribution < -0.4 is 10.5 Å². The van der Waals surface area contributed by atoms with E-state index in [1.165, 1.54) is 5.56 Å². The van der Waals surface area contributed by atoms with Crippen molar-refractivity contribution >= 4 is 0 Å². The molecule has 2 aromatic carbocycles. The average molecular weight is 255 g/mol. The lowest BCUT2D eigenvalue weighted by Gasteiger charge is -2.11. The summed E-state index contributed by atoms with van der Waals surface area (Å²) in [5, 5.41) is 0. The summed E-state index contributed by atoms with van der Waals surface area (Å²) in [4.78, 5) is 0. The molecule has 1 atom stereocenters. The van der Waals surface area contributed by atoms with Gasteiger partial charge in [-0.25, -0.2) is 0 Å². The fourth-order valence-corrected chi connectivity index (χ4v) is 1.93. The summed E-state index contributed by atoms with van der Waals surface area (Å²) in [7, 11) is 0. The number of ether oxygens (including phenoxy) is 1. The third-order valence-corrected chi connectivity index (χ3v) is 3.14. The number of benzene rings is 2. The molecule has 2 N–H and O–H groups in total. The van der Waals surface area contributed by atoms with E-state index >= 15 is 0 Å². The van der Waals surface area contributed by atoms with E-state index in [0.717, 1.165) is 17.1 Å². The van der Waals surface area contributed by atoms with E-state index in [9.17, 15) is 0 Å². The average Bonchev–Trinajstić information content (AvgIpc) is 2.39. The summed E-state index contributed by atoms with van der Waals surface area (Å²) in [5.74, 6) is 2.20. The molecule has 0 spiro atoms. The van der Waals surface area contributed by atoms with Gasteiger partial charge in [-0.05, 0) is 48.2 Å². The molecule has 0 aromatic heterocycles. The predicted octanol–water partition coefficient (Wildman–Crippen LogP) is 4.62. The molecule has 100 valence electrons. The minimum absolute atomic E-state index is 0.0190. The quantitative estimate of drug-likeness (QED) is 0.865. The first kappa shape index (κ1) is 13.6. The molecule has 2 aromatic rings. The molecule has 2 heteroatoms. The van der Waals surface area contributed by atoms with Crippen molar-refractivity contribution in [3.63, 3.8) is 0 Å². The highest BCUT2D eigenvalue weighted by Crippen LogP contribution is 2.26. The molecule has 0 amide bonds. The van der Waals surface area contributed by atoms with Gasteiger partial charge in [0.05, 0.1) is 0 Å². The number of hydrogen-bond donors (Lipinski definition) is 1. The first-order valence-electron chi connectivity index (χ1n) is 6.69. The second-order valence-electron chi connectivity index (χ2n) is 5.19. The summed E-state index contributed by atoms with van der Waals surface area (Å²) in [5.41, 5.74) is 8.24. The van der Waals surface area contributed by atoms with Gasteiger partial charge in [0, 0.05) is 6.04 Å². The van der Waals surface area contributed by atoms with E-state index in [1.54, 1.807) is 0 Å². The van der Waals surface area contributed by atoms with Gasteiger partial charge in [-0.3, -0.25) is 0 Å². The Labute approximate surface area is 115 Å². The van der Waals surface area contributed by atoms with E-state index in [1.807, 2.05) is 43.3 Å². The Morgan fingerprint density at radius 3 is 1.89 bits per heavy atom. The van der Waals surface area contributed by atoms with E-state index in [-0.39, 0.29) is 6.04 Å². The molecule has 19 heavy (non-hydrogen) atoms. The minimum Gasteiger partial charge on any atom is -0.457 e. The van der Waals surface area contributed by atoms with Crippen molar-refractivity contribution < 1.29 is 4.74 Å². The van der Waals surface area contributed by atoms with E-state index < -0.39 is 0 Å². The summed E-state index contributed by atoms with van der Waals surface area (Å²) < 4.78 is 5.90. The van der Waals surface area contributed by atoms with Crippen LogP contribution in [-0.4, -0.2) is 0 Å². The Bertz CT molecular complexity index is 497. The second kappa shape index (κ2) is 5.89. The van der Waals surface area contributed by atoms with Gasteiger partial charge < -0.3 is 10.5 Å². The lowest BCUT2D eigenvalue weighted by Crippen LogP contribution is -2.04. The zero-order chi connectivity index (χ0) is 13.8. The van der Waals surface area contributed by atoms with E-state index in [0.29, 0.717) is 5.92 Å². The van der Waals surface area contributed by atoms with Gasteiger partial charge >= 0.3 is 0 Å². The maximum Gasteiger partial charge on any atom is 0.127 e. The lowest BCUT2D eigenvalue weighted by molar-refractivity contribution is 0.480. The van der Waals surface area contributed by atoms with Crippen LogP contribution in [0.2, 0.25) is 0 Å². The molecule has 0 saturated heterocycles. The second-order valence-corrected chi connectivity index (χ2v) is 5.19. The van der Waals surface area contributed by atoms with Crippen LogP contribution in [0.4, 0.5) is 0 Å². The van der Waals surface area contributed by atoms with Gasteiger partial charge in [0.25, 0.3) is 0 Å². The van der Waals surface area contributed by atoms with Gasteiger partial charge in [-0.1, -0.05) is 38.1 Å². The van der Waals surface area contributed by atoms with Crippen LogP contribution in [0.5, 0.6) is 11.5 Å². The molecule has 0 aliphatic heterocycles. The highest BCUT2D eigenvalue weighted by molar-refractivity contribution is 5.37. The summed E-state index contributed by atoms with van der Waals surface area (Å²) in [6.45, 7) is 6.32. The zero-order valence-electron chi connectivity index (χ0n) is 11.8. The van der Waals surface area contributed by atoms with Crippen LogP contribution in [0.25, 0.3) is 0 Å². The third-order valence-electron chi connectivity index (χ3n) is 3.14. The summed E-state index contributed by atoms with van der Waals surface area (Å²) in [6.07, 6.45) is 0. The molecule has 0 bridgehead atoms. The smallest absolute Gasteiger partial charge is 0.127 e. The van der Waals surface area contributed by atoms with Crippen LogP contribution in [0.1, 0.15) is 43.9 Å². The molecule has 0 heterocycles. The van der Waals surface area contributed by atoms with Crippen molar-refractivity contribution in [1.82, 2.24) is 0 Å². The monoisotopic (exact) mass is 255 g/mol. The lowest BCUT2D eigenvalue weighted by atomic mass is 10.0. The van der Waals surface area contributed by atoms with Crippen LogP contribution in [0.3, 0.4) is 0 Å². The Morgan fingerprint density at radius 2 is 1.37 bits per heavy atom. The Kier molecular flexibility index (Phi) is 4.23. The molecule has 0 saturated carbocycles. The first-order valence-corrected chi connectivity index (χ1v) is 6.69. The molecular formula is C17H21NO. The van der Waals surface area contributed by atoms with Crippen molar-refractivity contribution in [2.45, 2.75) is 32.7 Å². The summed E-state index contributed by atoms with van der Waals surface area (Å²) in [6, 6.07) is 16.2. The van der Waals surface area contributed by atoms with Crippen LogP contribution in [-0.2, 0) is 0 Å². The topological polar surface area (TPSA) is 35.2 Å². The van der Waals surface area contributed by atoms with Gasteiger partial charge in [0.15, 0.2) is 0 Å². The van der Waals surface area contributed by atoms with E-state index in [2.05, 4.69) is 26.0 Å². The normalized spacial score (nSPS) is 12.5. The molecule has 0 radical (unpaired) electrons. The van der Waals surface area contributed by atoms with Crippen molar-refractivity contribution in [2.24, 2.45) is 5.73 Å².